The highest BCUT2D eigenvalue weighted by atomic mass is 16.5. The van der Waals surface area contributed by atoms with E-state index in [0.29, 0.717) is 30.8 Å². The van der Waals surface area contributed by atoms with Crippen molar-refractivity contribution in [3.8, 4) is 5.75 Å². The van der Waals surface area contributed by atoms with E-state index < -0.39 is 0 Å². The Balaban J connectivity index is 1.28. The molecule has 2 fully saturated rings. The normalized spacial score (nSPS) is 24.4. The van der Waals surface area contributed by atoms with Crippen molar-refractivity contribution >= 4 is 29.1 Å². The second-order valence-electron chi connectivity index (χ2n) is 9.19. The Hall–Kier alpha value is -3.61. The van der Waals surface area contributed by atoms with Gasteiger partial charge in [0, 0.05) is 37.4 Å². The monoisotopic (exact) mass is 459 g/mol. The molecule has 2 heterocycles. The molecule has 34 heavy (non-hydrogen) atoms. The third kappa shape index (κ3) is 3.85. The lowest BCUT2D eigenvalue weighted by Gasteiger charge is -2.36. The molecule has 1 aliphatic carbocycles. The summed E-state index contributed by atoms with van der Waals surface area (Å²) in [5, 5.41) is 0. The molecule has 5 rings (SSSR count). The molecule has 7 heteroatoms. The number of hydrogen-bond donors (Lipinski definition) is 0. The number of rotatable bonds is 4. The minimum absolute atomic E-state index is 0.0343. The van der Waals surface area contributed by atoms with Gasteiger partial charge in [-0.25, -0.2) is 0 Å². The van der Waals surface area contributed by atoms with Crippen molar-refractivity contribution in [1.29, 1.82) is 0 Å². The molecule has 2 saturated heterocycles. The van der Waals surface area contributed by atoms with E-state index in [1.54, 1.807) is 31.4 Å². The van der Waals surface area contributed by atoms with Crippen LogP contribution in [-0.2, 0) is 9.59 Å². The molecule has 3 amide bonds. The first-order chi connectivity index (χ1) is 16.5. The molecule has 0 unspecified atom stereocenters. The molecule has 7 nitrogen and oxygen atoms in total. The van der Waals surface area contributed by atoms with E-state index in [4.69, 9.17) is 4.74 Å². The van der Waals surface area contributed by atoms with E-state index >= 15 is 0 Å². The van der Waals surface area contributed by atoms with E-state index in [2.05, 4.69) is 4.90 Å². The van der Waals surface area contributed by atoms with Crippen LogP contribution in [0.4, 0.5) is 11.4 Å². The van der Waals surface area contributed by atoms with Gasteiger partial charge in [0.05, 0.1) is 24.6 Å². The second kappa shape index (κ2) is 8.97. The number of hydrogen-bond acceptors (Lipinski definition) is 5. The van der Waals surface area contributed by atoms with Crippen LogP contribution < -0.4 is 14.5 Å². The van der Waals surface area contributed by atoms with Crippen LogP contribution in [-0.4, -0.2) is 55.9 Å². The number of benzene rings is 2. The topological polar surface area (TPSA) is 70.2 Å². The van der Waals surface area contributed by atoms with Crippen molar-refractivity contribution in [2.24, 2.45) is 17.8 Å². The van der Waals surface area contributed by atoms with Crippen LogP contribution in [0.5, 0.6) is 5.75 Å². The van der Waals surface area contributed by atoms with Crippen molar-refractivity contribution in [2.75, 3.05) is 43.1 Å². The van der Waals surface area contributed by atoms with Gasteiger partial charge in [0.2, 0.25) is 11.8 Å². The van der Waals surface area contributed by atoms with Crippen LogP contribution >= 0.6 is 0 Å². The van der Waals surface area contributed by atoms with Gasteiger partial charge in [-0.1, -0.05) is 25.1 Å². The van der Waals surface area contributed by atoms with Crippen molar-refractivity contribution < 1.29 is 19.1 Å². The Bertz CT molecular complexity index is 1130. The summed E-state index contributed by atoms with van der Waals surface area (Å²) in [6.45, 7) is 4.64. The van der Waals surface area contributed by atoms with Crippen molar-refractivity contribution in [2.45, 2.75) is 13.3 Å². The quantitative estimate of drug-likeness (QED) is 0.518. The maximum absolute atomic E-state index is 13.3. The van der Waals surface area contributed by atoms with Crippen molar-refractivity contribution in [1.82, 2.24) is 4.90 Å². The summed E-state index contributed by atoms with van der Waals surface area (Å²) in [4.78, 5) is 44.8. The molecule has 2 aromatic carbocycles. The number of methoxy groups -OCH3 is 1. The molecule has 0 N–H and O–H groups in total. The molecular weight excluding hydrogens is 430 g/mol. The third-order valence-corrected chi connectivity index (χ3v) is 7.23. The van der Waals surface area contributed by atoms with Crippen LogP contribution in [0.1, 0.15) is 23.7 Å². The highest BCUT2D eigenvalue weighted by Gasteiger charge is 2.50. The molecule has 0 bridgehead atoms. The Kier molecular flexibility index (Phi) is 5.86. The van der Waals surface area contributed by atoms with Gasteiger partial charge in [0.1, 0.15) is 5.75 Å². The van der Waals surface area contributed by atoms with E-state index in [1.807, 2.05) is 48.2 Å². The number of carbonyl (C=O) groups excluding carboxylic acids is 3. The predicted octanol–water partition coefficient (Wildman–Crippen LogP) is 3.36. The van der Waals surface area contributed by atoms with Gasteiger partial charge in [-0.05, 0) is 54.8 Å². The van der Waals surface area contributed by atoms with Crippen molar-refractivity contribution in [3.05, 3.63) is 66.2 Å². The lowest BCUT2D eigenvalue weighted by molar-refractivity contribution is -0.122. The molecule has 176 valence electrons. The van der Waals surface area contributed by atoms with Crippen LogP contribution in [0.15, 0.2) is 60.7 Å². The largest absolute Gasteiger partial charge is 0.497 e. The first kappa shape index (κ1) is 22.2. The summed E-state index contributed by atoms with van der Waals surface area (Å²) >= 11 is 0. The Morgan fingerprint density at radius 2 is 1.68 bits per heavy atom. The SMILES string of the molecule is COc1ccc(N2CCN(C(=O)c3cccc(N4C(=O)[C@H]5[C@H](C)C=CC[C@H]5C4=O)c3)CC2)cc1. The molecule has 3 atom stereocenters. The van der Waals surface area contributed by atoms with Gasteiger partial charge in [0.25, 0.3) is 5.91 Å². The number of ether oxygens (including phenoxy) is 1. The number of piperazine rings is 1. The van der Waals surface area contributed by atoms with E-state index in [9.17, 15) is 14.4 Å². The highest BCUT2D eigenvalue weighted by Crippen LogP contribution is 2.40. The Morgan fingerprint density at radius 1 is 0.941 bits per heavy atom. The lowest BCUT2D eigenvalue weighted by Crippen LogP contribution is -2.48. The summed E-state index contributed by atoms with van der Waals surface area (Å²) in [5.74, 6) is -0.179. The number of carbonyl (C=O) groups is 3. The van der Waals surface area contributed by atoms with E-state index in [1.165, 1.54) is 4.90 Å². The number of allylic oxidation sites excluding steroid dienone is 2. The standard InChI is InChI=1S/C27H29N3O4/c1-18-5-3-8-23-24(18)27(33)30(26(23)32)21-7-4-6-19(17-21)25(31)29-15-13-28(14-16-29)20-9-11-22(34-2)12-10-20/h3-7,9-12,17-18,23-24H,8,13-16H2,1-2H3/t18-,23-,24+/m1/s1. The average molecular weight is 460 g/mol. The van der Waals surface area contributed by atoms with Gasteiger partial charge >= 0.3 is 0 Å². The molecule has 3 aliphatic rings. The molecule has 0 spiro atoms. The maximum Gasteiger partial charge on any atom is 0.254 e. The van der Waals surface area contributed by atoms with Gasteiger partial charge in [-0.15, -0.1) is 0 Å². The first-order valence-electron chi connectivity index (χ1n) is 11.8. The smallest absolute Gasteiger partial charge is 0.254 e. The van der Waals surface area contributed by atoms with Gasteiger partial charge < -0.3 is 14.5 Å². The third-order valence-electron chi connectivity index (χ3n) is 7.23. The molecule has 2 aromatic rings. The number of imide groups is 1. The van der Waals surface area contributed by atoms with E-state index in [0.717, 1.165) is 24.5 Å². The lowest BCUT2D eigenvalue weighted by atomic mass is 9.78. The summed E-state index contributed by atoms with van der Waals surface area (Å²) in [7, 11) is 1.65. The fourth-order valence-corrected chi connectivity index (χ4v) is 5.32. The second-order valence-corrected chi connectivity index (χ2v) is 9.19. The van der Waals surface area contributed by atoms with Gasteiger partial charge in [0.15, 0.2) is 0 Å². The first-order valence-corrected chi connectivity index (χ1v) is 11.8. The van der Waals surface area contributed by atoms with Crippen LogP contribution in [0, 0.1) is 17.8 Å². The van der Waals surface area contributed by atoms with Crippen LogP contribution in [0.3, 0.4) is 0 Å². The van der Waals surface area contributed by atoms with Gasteiger partial charge in [-0.3, -0.25) is 19.3 Å². The van der Waals surface area contributed by atoms with Gasteiger partial charge in [-0.2, -0.15) is 0 Å². The molecule has 0 aromatic heterocycles. The summed E-state index contributed by atoms with van der Waals surface area (Å²) in [6.07, 6.45) is 4.60. The van der Waals surface area contributed by atoms with E-state index in [-0.39, 0.29) is 35.5 Å². The molecule has 2 aliphatic heterocycles. The minimum Gasteiger partial charge on any atom is -0.497 e. The Morgan fingerprint density at radius 3 is 2.35 bits per heavy atom. The minimum atomic E-state index is -0.317. The van der Waals surface area contributed by atoms with Crippen LogP contribution in [0.2, 0.25) is 0 Å². The fourth-order valence-electron chi connectivity index (χ4n) is 5.32. The molecular formula is C27H29N3O4. The fraction of sp³-hybridized carbons (Fsp3) is 0.370. The number of fused-ring (bicyclic) bond motifs is 1. The summed E-state index contributed by atoms with van der Waals surface area (Å²) in [6, 6.07) is 14.9. The highest BCUT2D eigenvalue weighted by molar-refractivity contribution is 6.22. The van der Waals surface area contributed by atoms with Crippen molar-refractivity contribution in [3.63, 3.8) is 0 Å². The summed E-state index contributed by atoms with van der Waals surface area (Å²) < 4.78 is 5.23. The summed E-state index contributed by atoms with van der Waals surface area (Å²) in [5.41, 5.74) is 2.09. The molecule has 0 saturated carbocycles. The number of anilines is 2. The zero-order chi connectivity index (χ0) is 23.8. The zero-order valence-corrected chi connectivity index (χ0v) is 19.5. The zero-order valence-electron chi connectivity index (χ0n) is 19.5. The Labute approximate surface area is 199 Å². The van der Waals surface area contributed by atoms with Crippen LogP contribution in [0.25, 0.3) is 0 Å². The average Bonchev–Trinajstić information content (AvgIpc) is 3.14. The molecule has 0 radical (unpaired) electrons. The predicted molar refractivity (Wildman–Crippen MR) is 130 cm³/mol. The number of nitrogens with zero attached hydrogens (tertiary/aromatic N) is 3. The number of amides is 3. The maximum atomic E-state index is 13.3.